The van der Waals surface area contributed by atoms with E-state index in [2.05, 4.69) is 0 Å². The molecule has 0 unspecified atom stereocenters. The summed E-state index contributed by atoms with van der Waals surface area (Å²) in [7, 11) is 0. The van der Waals surface area contributed by atoms with Crippen molar-refractivity contribution in [3.8, 4) is 0 Å². The van der Waals surface area contributed by atoms with Crippen LogP contribution in [0.3, 0.4) is 0 Å². The molecule has 9 heteroatoms. The zero-order chi connectivity index (χ0) is 17.6. The van der Waals surface area contributed by atoms with Crippen LogP contribution in [0.5, 0.6) is 0 Å². The summed E-state index contributed by atoms with van der Waals surface area (Å²) in [5.74, 6) is -5.54. The zero-order valence-corrected chi connectivity index (χ0v) is 11.9. The summed E-state index contributed by atoms with van der Waals surface area (Å²) in [4.78, 5) is 23.6. The molecule has 1 saturated heterocycles. The van der Waals surface area contributed by atoms with Crippen molar-refractivity contribution in [2.24, 2.45) is 11.8 Å². The molecule has 4 atom stereocenters. The minimum atomic E-state index is -4.70. The van der Waals surface area contributed by atoms with Crippen molar-refractivity contribution in [1.29, 1.82) is 0 Å². The summed E-state index contributed by atoms with van der Waals surface area (Å²) in [6, 6.07) is 1.60. The Morgan fingerprint density at radius 2 is 1.75 bits per heavy atom. The number of hydrogen-bond acceptors (Lipinski definition) is 3. The summed E-state index contributed by atoms with van der Waals surface area (Å²) >= 11 is 0. The van der Waals surface area contributed by atoms with Gasteiger partial charge in [-0.05, 0) is 18.2 Å². The molecule has 1 aromatic carbocycles. The van der Waals surface area contributed by atoms with Gasteiger partial charge < -0.3 is 15.2 Å². The molecular formula is C15H11F4NO4. The highest BCUT2D eigenvalue weighted by Crippen LogP contribution is 2.40. The van der Waals surface area contributed by atoms with Crippen LogP contribution in [0, 0.1) is 17.7 Å². The van der Waals surface area contributed by atoms with E-state index in [0.29, 0.717) is 18.2 Å². The normalized spacial score (nSPS) is 28.2. The minimum Gasteiger partial charge on any atom is -0.481 e. The van der Waals surface area contributed by atoms with Crippen LogP contribution in [-0.4, -0.2) is 29.2 Å². The molecule has 1 amide bonds. The monoisotopic (exact) mass is 345 g/mol. The van der Waals surface area contributed by atoms with Gasteiger partial charge in [0.05, 0.1) is 29.4 Å². The Balaban J connectivity index is 1.85. The van der Waals surface area contributed by atoms with E-state index in [1.807, 2.05) is 5.32 Å². The van der Waals surface area contributed by atoms with E-state index in [1.54, 1.807) is 0 Å². The van der Waals surface area contributed by atoms with Gasteiger partial charge >= 0.3 is 12.1 Å². The van der Waals surface area contributed by atoms with Crippen LogP contribution in [0.4, 0.5) is 23.2 Å². The molecule has 0 aromatic heterocycles. The van der Waals surface area contributed by atoms with Gasteiger partial charge in [-0.25, -0.2) is 4.39 Å². The van der Waals surface area contributed by atoms with Crippen molar-refractivity contribution in [3.05, 3.63) is 41.7 Å². The molecule has 5 nitrogen and oxygen atoms in total. The SMILES string of the molecule is O=C(O)[C@@H]1[C@H](C(=O)Nc2cc(C(F)(F)F)ccc2F)[C@@H]2C=C[C@@H]1O2. The Morgan fingerprint density at radius 3 is 2.33 bits per heavy atom. The molecule has 2 N–H and O–H groups in total. The van der Waals surface area contributed by atoms with Crippen LogP contribution in [0.1, 0.15) is 5.56 Å². The van der Waals surface area contributed by atoms with E-state index in [9.17, 15) is 32.3 Å². The Labute approximate surface area is 132 Å². The lowest BCUT2D eigenvalue weighted by Gasteiger charge is -2.21. The number of rotatable bonds is 3. The van der Waals surface area contributed by atoms with E-state index < -0.39 is 59.2 Å². The van der Waals surface area contributed by atoms with E-state index in [4.69, 9.17) is 4.74 Å². The number of nitrogens with one attached hydrogen (secondary N) is 1. The molecule has 0 radical (unpaired) electrons. The molecule has 2 aliphatic heterocycles. The molecule has 0 spiro atoms. The van der Waals surface area contributed by atoms with Gasteiger partial charge in [-0.1, -0.05) is 12.2 Å². The minimum absolute atomic E-state index is 0.465. The molecule has 2 aliphatic rings. The van der Waals surface area contributed by atoms with Crippen LogP contribution in [0.2, 0.25) is 0 Å². The third kappa shape index (κ3) is 2.75. The Kier molecular flexibility index (Phi) is 3.83. The molecule has 0 saturated carbocycles. The van der Waals surface area contributed by atoms with Gasteiger partial charge in [-0.3, -0.25) is 9.59 Å². The number of ether oxygens (including phenoxy) is 1. The lowest BCUT2D eigenvalue weighted by Crippen LogP contribution is -2.39. The fraction of sp³-hybridized carbons (Fsp3) is 0.333. The highest BCUT2D eigenvalue weighted by molar-refractivity contribution is 5.96. The molecule has 2 heterocycles. The van der Waals surface area contributed by atoms with Gasteiger partial charge in [0.25, 0.3) is 0 Å². The van der Waals surface area contributed by atoms with E-state index >= 15 is 0 Å². The third-order valence-electron chi connectivity index (χ3n) is 4.04. The average molecular weight is 345 g/mol. The number of aliphatic carboxylic acids is 1. The fourth-order valence-electron chi connectivity index (χ4n) is 2.93. The Morgan fingerprint density at radius 1 is 1.12 bits per heavy atom. The van der Waals surface area contributed by atoms with E-state index in [0.717, 1.165) is 0 Å². The number of anilines is 1. The second kappa shape index (κ2) is 5.59. The number of fused-ring (bicyclic) bond motifs is 2. The number of hydrogen-bond donors (Lipinski definition) is 2. The first-order valence-corrected chi connectivity index (χ1v) is 6.92. The number of carbonyl (C=O) groups excluding carboxylic acids is 1. The van der Waals surface area contributed by atoms with Crippen molar-refractivity contribution >= 4 is 17.6 Å². The third-order valence-corrected chi connectivity index (χ3v) is 4.04. The van der Waals surface area contributed by atoms with Gasteiger partial charge in [-0.2, -0.15) is 13.2 Å². The maximum atomic E-state index is 13.7. The summed E-state index contributed by atoms with van der Waals surface area (Å²) in [5.41, 5.74) is -1.79. The standard InChI is InChI=1S/C15H11F4NO4/c16-7-2-1-6(15(17,18)19)5-8(7)20-13(21)11-9-3-4-10(24-9)12(11)14(22)23/h1-5,9-12H,(H,20,21)(H,22,23)/t9-,10-,11+,12-/m0/s1. The Bertz CT molecular complexity index is 731. The number of amides is 1. The van der Waals surface area contributed by atoms with Crippen molar-refractivity contribution in [2.75, 3.05) is 5.32 Å². The molecule has 24 heavy (non-hydrogen) atoms. The summed E-state index contributed by atoms with van der Waals surface area (Å²) in [6.45, 7) is 0. The Hall–Kier alpha value is -2.42. The molecule has 1 fully saturated rings. The zero-order valence-electron chi connectivity index (χ0n) is 11.9. The first-order valence-electron chi connectivity index (χ1n) is 6.92. The summed E-state index contributed by atoms with van der Waals surface area (Å²) in [6.07, 6.45) is -3.26. The van der Waals surface area contributed by atoms with Crippen LogP contribution >= 0.6 is 0 Å². The number of carboxylic acids is 1. The number of carboxylic acid groups (broad SMARTS) is 1. The van der Waals surface area contributed by atoms with Crippen LogP contribution in [0.25, 0.3) is 0 Å². The quantitative estimate of drug-likeness (QED) is 0.652. The van der Waals surface area contributed by atoms with Crippen LogP contribution < -0.4 is 5.32 Å². The topological polar surface area (TPSA) is 75.6 Å². The van der Waals surface area contributed by atoms with Gasteiger partial charge in [0.2, 0.25) is 5.91 Å². The van der Waals surface area contributed by atoms with Gasteiger partial charge in [0.1, 0.15) is 11.7 Å². The highest BCUT2D eigenvalue weighted by atomic mass is 19.4. The fourth-order valence-corrected chi connectivity index (χ4v) is 2.93. The lowest BCUT2D eigenvalue weighted by molar-refractivity contribution is -0.145. The highest BCUT2D eigenvalue weighted by Gasteiger charge is 2.53. The number of carbonyl (C=O) groups is 2. The lowest BCUT2D eigenvalue weighted by atomic mass is 9.82. The molecule has 0 aliphatic carbocycles. The van der Waals surface area contributed by atoms with Gasteiger partial charge in [0, 0.05) is 0 Å². The second-order valence-electron chi connectivity index (χ2n) is 5.52. The molecule has 1 aromatic rings. The second-order valence-corrected chi connectivity index (χ2v) is 5.52. The largest absolute Gasteiger partial charge is 0.481 e. The number of halogens is 4. The van der Waals surface area contributed by atoms with Crippen molar-refractivity contribution in [1.82, 2.24) is 0 Å². The van der Waals surface area contributed by atoms with Crippen LogP contribution in [0.15, 0.2) is 30.4 Å². The van der Waals surface area contributed by atoms with Crippen molar-refractivity contribution < 1.29 is 37.0 Å². The van der Waals surface area contributed by atoms with Crippen molar-refractivity contribution in [2.45, 2.75) is 18.4 Å². The molecule has 2 bridgehead atoms. The number of alkyl halides is 3. The van der Waals surface area contributed by atoms with Crippen LogP contribution in [-0.2, 0) is 20.5 Å². The maximum Gasteiger partial charge on any atom is 0.416 e. The predicted octanol–water partition coefficient (Wildman–Crippen LogP) is 2.44. The van der Waals surface area contributed by atoms with Crippen molar-refractivity contribution in [3.63, 3.8) is 0 Å². The van der Waals surface area contributed by atoms with Gasteiger partial charge in [-0.15, -0.1) is 0 Å². The average Bonchev–Trinajstić information content (AvgIpc) is 3.08. The predicted molar refractivity (Wildman–Crippen MR) is 72.4 cm³/mol. The smallest absolute Gasteiger partial charge is 0.416 e. The molecule has 128 valence electrons. The first-order chi connectivity index (χ1) is 11.2. The molecular weight excluding hydrogens is 334 g/mol. The van der Waals surface area contributed by atoms with Gasteiger partial charge in [0.15, 0.2) is 0 Å². The summed E-state index contributed by atoms with van der Waals surface area (Å²) < 4.78 is 57.1. The summed E-state index contributed by atoms with van der Waals surface area (Å²) in [5, 5.41) is 11.3. The maximum absolute atomic E-state index is 13.7. The molecule has 3 rings (SSSR count). The van der Waals surface area contributed by atoms with E-state index in [-0.39, 0.29) is 0 Å². The number of benzene rings is 1. The first kappa shape index (κ1) is 16.4. The van der Waals surface area contributed by atoms with E-state index in [1.165, 1.54) is 12.2 Å².